The van der Waals surface area contributed by atoms with Gasteiger partial charge in [-0.15, -0.1) is 0 Å². The molecule has 3 rings (SSSR count). The second kappa shape index (κ2) is 4.79. The molecular formula is C15H15S2+. The first-order chi connectivity index (χ1) is 8.40. The molecule has 0 spiro atoms. The summed E-state index contributed by atoms with van der Waals surface area (Å²) in [6.07, 6.45) is 1.26. The van der Waals surface area contributed by atoms with Crippen molar-refractivity contribution >= 4 is 20.7 Å². The van der Waals surface area contributed by atoms with Crippen molar-refractivity contribution in [2.24, 2.45) is 0 Å². The van der Waals surface area contributed by atoms with Gasteiger partial charge >= 0.3 is 0 Å². The summed E-state index contributed by atoms with van der Waals surface area (Å²) in [5.41, 5.74) is 2.85. The summed E-state index contributed by atoms with van der Waals surface area (Å²) in [6, 6.07) is 17.7. The summed E-state index contributed by atoms with van der Waals surface area (Å²) in [4.78, 5) is 2.99. The van der Waals surface area contributed by atoms with Crippen LogP contribution < -0.4 is 0 Å². The van der Waals surface area contributed by atoms with E-state index in [1.165, 1.54) is 33.1 Å². The van der Waals surface area contributed by atoms with Gasteiger partial charge in [0.1, 0.15) is 16.5 Å². The molecule has 0 N–H and O–H groups in total. The van der Waals surface area contributed by atoms with E-state index in [0.717, 1.165) is 0 Å². The van der Waals surface area contributed by atoms with Gasteiger partial charge in [0.05, 0.1) is 14.8 Å². The number of fused-ring (bicyclic) bond motifs is 3. The van der Waals surface area contributed by atoms with Crippen LogP contribution in [0.4, 0.5) is 0 Å². The SMILES string of the molecule is CCC[S+]1Sc2ccccc2-c2ccccc21. The summed E-state index contributed by atoms with van der Waals surface area (Å²) >= 11 is 0. The van der Waals surface area contributed by atoms with Gasteiger partial charge in [0, 0.05) is 11.1 Å². The lowest BCUT2D eigenvalue weighted by Gasteiger charge is -2.17. The highest BCUT2D eigenvalue weighted by molar-refractivity contribution is 8.74. The van der Waals surface area contributed by atoms with Crippen molar-refractivity contribution < 1.29 is 0 Å². The highest BCUT2D eigenvalue weighted by atomic mass is 33.1. The van der Waals surface area contributed by atoms with Crippen molar-refractivity contribution in [3.63, 3.8) is 0 Å². The van der Waals surface area contributed by atoms with E-state index in [-0.39, 0.29) is 0 Å². The molecular weight excluding hydrogens is 244 g/mol. The second-order valence-corrected chi connectivity index (χ2v) is 7.98. The Morgan fingerprint density at radius 2 is 1.65 bits per heavy atom. The minimum absolute atomic E-state index is 0.336. The van der Waals surface area contributed by atoms with Crippen LogP contribution in [0.5, 0.6) is 0 Å². The Hall–Kier alpha value is -0.860. The Bertz CT molecular complexity index is 534. The number of hydrogen-bond acceptors (Lipinski definition) is 1. The largest absolute Gasteiger partial charge is 0.176 e. The average molecular weight is 259 g/mol. The van der Waals surface area contributed by atoms with Crippen molar-refractivity contribution in [2.75, 3.05) is 5.75 Å². The van der Waals surface area contributed by atoms with E-state index in [4.69, 9.17) is 0 Å². The van der Waals surface area contributed by atoms with E-state index in [1.807, 2.05) is 0 Å². The zero-order valence-electron chi connectivity index (χ0n) is 9.85. The molecule has 1 aliphatic rings. The first kappa shape index (κ1) is 11.2. The molecule has 0 amide bonds. The lowest BCUT2D eigenvalue weighted by atomic mass is 10.1. The quantitative estimate of drug-likeness (QED) is 0.553. The maximum Gasteiger partial charge on any atom is 0.176 e. The van der Waals surface area contributed by atoms with Crippen LogP contribution in [0.3, 0.4) is 0 Å². The van der Waals surface area contributed by atoms with Crippen LogP contribution in [0.2, 0.25) is 0 Å². The summed E-state index contributed by atoms with van der Waals surface area (Å²) in [5, 5.41) is 0. The fourth-order valence-electron chi connectivity index (χ4n) is 2.14. The predicted molar refractivity (Wildman–Crippen MR) is 78.5 cm³/mol. The standard InChI is InChI=1S/C15H15S2/c1-2-11-17-15-10-6-4-8-13(15)12-7-3-5-9-14(12)16-17/h3-10H,2,11H2,1H3/q+1. The first-order valence-corrected chi connectivity index (χ1v) is 8.70. The normalized spacial score (nSPS) is 17.4. The molecule has 2 aromatic carbocycles. The maximum atomic E-state index is 2.30. The van der Waals surface area contributed by atoms with Gasteiger partial charge in [-0.25, -0.2) is 0 Å². The van der Waals surface area contributed by atoms with Crippen LogP contribution in [0.15, 0.2) is 58.3 Å². The molecule has 0 bridgehead atoms. The third kappa shape index (κ3) is 2.00. The minimum atomic E-state index is 0.336. The van der Waals surface area contributed by atoms with Crippen LogP contribution in [-0.2, 0) is 9.93 Å². The molecule has 0 nitrogen and oxygen atoms in total. The molecule has 0 fully saturated rings. The van der Waals surface area contributed by atoms with E-state index >= 15 is 0 Å². The molecule has 0 radical (unpaired) electrons. The van der Waals surface area contributed by atoms with Crippen molar-refractivity contribution in [1.29, 1.82) is 0 Å². The van der Waals surface area contributed by atoms with Gasteiger partial charge in [0.25, 0.3) is 0 Å². The van der Waals surface area contributed by atoms with E-state index < -0.39 is 0 Å². The molecule has 1 heterocycles. The van der Waals surface area contributed by atoms with Crippen molar-refractivity contribution in [3.8, 4) is 11.1 Å². The van der Waals surface area contributed by atoms with E-state index in [1.54, 1.807) is 0 Å². The Labute approximate surface area is 109 Å². The van der Waals surface area contributed by atoms with E-state index in [2.05, 4.69) is 66.2 Å². The molecule has 0 aliphatic carbocycles. The summed E-state index contributed by atoms with van der Waals surface area (Å²) in [7, 11) is 2.39. The molecule has 2 heteroatoms. The first-order valence-electron chi connectivity index (χ1n) is 5.98. The van der Waals surface area contributed by atoms with Gasteiger partial charge in [-0.05, 0) is 24.6 Å². The average Bonchev–Trinajstić information content (AvgIpc) is 2.39. The zero-order chi connectivity index (χ0) is 11.7. The summed E-state index contributed by atoms with van der Waals surface area (Å²) in [5.74, 6) is 1.29. The molecule has 1 atom stereocenters. The Balaban J connectivity index is 2.15. The van der Waals surface area contributed by atoms with Gasteiger partial charge < -0.3 is 0 Å². The molecule has 86 valence electrons. The third-order valence-corrected chi connectivity index (χ3v) is 7.43. The maximum absolute atomic E-state index is 2.30. The zero-order valence-corrected chi connectivity index (χ0v) is 11.5. The minimum Gasteiger partial charge on any atom is -0.0616 e. The molecule has 0 saturated heterocycles. The summed E-state index contributed by atoms with van der Waals surface area (Å²) in [6.45, 7) is 2.27. The second-order valence-electron chi connectivity index (χ2n) is 4.13. The Morgan fingerprint density at radius 3 is 2.47 bits per heavy atom. The van der Waals surface area contributed by atoms with Gasteiger partial charge in [-0.3, -0.25) is 0 Å². The molecule has 1 aliphatic heterocycles. The molecule has 2 aromatic rings. The van der Waals surface area contributed by atoms with Crippen LogP contribution in [0.25, 0.3) is 11.1 Å². The van der Waals surface area contributed by atoms with Crippen LogP contribution in [0.1, 0.15) is 13.3 Å². The van der Waals surface area contributed by atoms with Crippen LogP contribution in [0, 0.1) is 0 Å². The van der Waals surface area contributed by atoms with Crippen LogP contribution >= 0.6 is 10.8 Å². The highest BCUT2D eigenvalue weighted by Crippen LogP contribution is 2.47. The summed E-state index contributed by atoms with van der Waals surface area (Å²) < 4.78 is 0. The molecule has 0 aromatic heterocycles. The third-order valence-electron chi connectivity index (χ3n) is 2.89. The van der Waals surface area contributed by atoms with E-state index in [9.17, 15) is 0 Å². The van der Waals surface area contributed by atoms with Crippen molar-refractivity contribution in [1.82, 2.24) is 0 Å². The van der Waals surface area contributed by atoms with Gasteiger partial charge in [-0.2, -0.15) is 0 Å². The topological polar surface area (TPSA) is 0 Å². The number of rotatable bonds is 2. The van der Waals surface area contributed by atoms with Gasteiger partial charge in [0.15, 0.2) is 4.90 Å². The van der Waals surface area contributed by atoms with Crippen molar-refractivity contribution in [2.45, 2.75) is 23.1 Å². The van der Waals surface area contributed by atoms with Crippen molar-refractivity contribution in [3.05, 3.63) is 48.5 Å². The Morgan fingerprint density at radius 1 is 0.941 bits per heavy atom. The fraction of sp³-hybridized carbons (Fsp3) is 0.200. The Kier molecular flexibility index (Phi) is 3.17. The molecule has 0 saturated carbocycles. The predicted octanol–water partition coefficient (Wildman–Crippen LogP) is 4.76. The number of hydrogen-bond donors (Lipinski definition) is 0. The van der Waals surface area contributed by atoms with E-state index in [0.29, 0.717) is 9.93 Å². The smallest absolute Gasteiger partial charge is 0.0616 e. The number of benzene rings is 2. The highest BCUT2D eigenvalue weighted by Gasteiger charge is 2.33. The lowest BCUT2D eigenvalue weighted by Crippen LogP contribution is -2.08. The van der Waals surface area contributed by atoms with Crippen LogP contribution in [-0.4, -0.2) is 5.75 Å². The van der Waals surface area contributed by atoms with Gasteiger partial charge in [0.2, 0.25) is 0 Å². The lowest BCUT2D eigenvalue weighted by molar-refractivity contribution is 1.10. The fourth-order valence-corrected chi connectivity index (χ4v) is 6.72. The molecule has 17 heavy (non-hydrogen) atoms. The monoisotopic (exact) mass is 259 g/mol. The van der Waals surface area contributed by atoms with Gasteiger partial charge in [-0.1, -0.05) is 37.3 Å². The molecule has 1 unspecified atom stereocenters.